The minimum atomic E-state index is -0.644. The van der Waals surface area contributed by atoms with Gasteiger partial charge in [-0.15, -0.1) is 0 Å². The van der Waals surface area contributed by atoms with Gasteiger partial charge in [-0.1, -0.05) is 23.2 Å². The van der Waals surface area contributed by atoms with Crippen LogP contribution in [0.1, 0.15) is 10.4 Å². The Morgan fingerprint density at radius 2 is 1.92 bits per heavy atom. The monoisotopic (exact) mass is 238 g/mol. The molecule has 5 heteroatoms. The zero-order valence-electron chi connectivity index (χ0n) is 6.61. The Morgan fingerprint density at radius 1 is 1.31 bits per heavy atom. The second-order valence-electron chi connectivity index (χ2n) is 2.24. The second-order valence-corrected chi connectivity index (χ2v) is 3.40. The third-order valence-corrected chi connectivity index (χ3v) is 2.26. The first kappa shape index (κ1) is 10.6. The molecule has 0 amide bonds. The first-order chi connectivity index (χ1) is 6.06. The number of hydrogen-bond acceptors (Lipinski definition) is 2. The van der Waals surface area contributed by atoms with Crippen LogP contribution < -0.4 is 4.74 Å². The molecule has 1 rings (SSSR count). The fourth-order valence-corrected chi connectivity index (χ4v) is 1.52. The van der Waals surface area contributed by atoms with Crippen LogP contribution in [0.4, 0.5) is 0 Å². The van der Waals surface area contributed by atoms with Crippen LogP contribution in [0.5, 0.6) is 5.75 Å². The highest BCUT2D eigenvalue weighted by molar-refractivity contribution is 6.68. The topological polar surface area (TPSA) is 26.3 Å². The van der Waals surface area contributed by atoms with Crippen molar-refractivity contribution in [3.63, 3.8) is 0 Å². The van der Waals surface area contributed by atoms with Gasteiger partial charge in [-0.3, -0.25) is 4.79 Å². The van der Waals surface area contributed by atoms with E-state index in [9.17, 15) is 4.79 Å². The molecule has 0 atom stereocenters. The van der Waals surface area contributed by atoms with E-state index in [2.05, 4.69) is 0 Å². The van der Waals surface area contributed by atoms with Gasteiger partial charge in [0.25, 0.3) is 5.24 Å². The van der Waals surface area contributed by atoms with E-state index in [1.54, 1.807) is 0 Å². The van der Waals surface area contributed by atoms with Crippen molar-refractivity contribution in [1.82, 2.24) is 0 Å². The molecule has 1 aromatic carbocycles. The van der Waals surface area contributed by atoms with Crippen LogP contribution in [-0.2, 0) is 0 Å². The molecule has 0 aliphatic carbocycles. The summed E-state index contributed by atoms with van der Waals surface area (Å²) in [6.07, 6.45) is 0. The third-order valence-electron chi connectivity index (χ3n) is 1.45. The Balaban J connectivity index is 3.28. The molecule has 2 nitrogen and oxygen atoms in total. The Bertz CT molecular complexity index is 349. The summed E-state index contributed by atoms with van der Waals surface area (Å²) >= 11 is 16.7. The number of halogens is 3. The van der Waals surface area contributed by atoms with Crippen molar-refractivity contribution in [3.8, 4) is 5.75 Å². The van der Waals surface area contributed by atoms with E-state index in [4.69, 9.17) is 39.5 Å². The van der Waals surface area contributed by atoms with Crippen LogP contribution in [-0.4, -0.2) is 12.4 Å². The van der Waals surface area contributed by atoms with E-state index in [-0.39, 0.29) is 10.6 Å². The molecule has 0 N–H and O–H groups in total. The largest absolute Gasteiger partial charge is 0.495 e. The number of carbonyl (C=O) groups excluding carboxylic acids is 1. The van der Waals surface area contributed by atoms with Crippen molar-refractivity contribution >= 4 is 40.0 Å². The lowest BCUT2D eigenvalue weighted by atomic mass is 10.2. The van der Waals surface area contributed by atoms with Crippen LogP contribution in [0.15, 0.2) is 12.1 Å². The summed E-state index contributed by atoms with van der Waals surface area (Å²) in [6.45, 7) is 0. The van der Waals surface area contributed by atoms with Crippen molar-refractivity contribution in [2.24, 2.45) is 0 Å². The minimum Gasteiger partial charge on any atom is -0.495 e. The first-order valence-electron chi connectivity index (χ1n) is 3.29. The molecular weight excluding hydrogens is 234 g/mol. The molecule has 13 heavy (non-hydrogen) atoms. The Kier molecular flexibility index (Phi) is 3.42. The number of carbonyl (C=O) groups is 1. The maximum atomic E-state index is 10.8. The molecule has 0 unspecified atom stereocenters. The lowest BCUT2D eigenvalue weighted by Gasteiger charge is -2.05. The van der Waals surface area contributed by atoms with Gasteiger partial charge in [0.15, 0.2) is 0 Å². The van der Waals surface area contributed by atoms with Crippen molar-refractivity contribution < 1.29 is 9.53 Å². The fraction of sp³-hybridized carbons (Fsp3) is 0.125. The standard InChI is InChI=1S/C8H5Cl3O2/c1-13-7-3-5(9)4(8(11)12)2-6(7)10/h2-3H,1H3. The normalized spacial score (nSPS) is 9.85. The molecule has 0 bridgehead atoms. The molecule has 0 saturated carbocycles. The smallest absolute Gasteiger partial charge is 0.253 e. The van der Waals surface area contributed by atoms with Crippen molar-refractivity contribution in [2.45, 2.75) is 0 Å². The van der Waals surface area contributed by atoms with Gasteiger partial charge in [-0.25, -0.2) is 0 Å². The van der Waals surface area contributed by atoms with Crippen molar-refractivity contribution in [2.75, 3.05) is 7.11 Å². The van der Waals surface area contributed by atoms with E-state index < -0.39 is 5.24 Å². The second kappa shape index (κ2) is 4.18. The van der Waals surface area contributed by atoms with Crippen LogP contribution in [0.25, 0.3) is 0 Å². The lowest BCUT2D eigenvalue weighted by molar-refractivity contribution is 0.108. The summed E-state index contributed by atoms with van der Waals surface area (Å²) in [4.78, 5) is 10.8. The highest BCUT2D eigenvalue weighted by atomic mass is 35.5. The number of ether oxygens (including phenoxy) is 1. The molecule has 0 aliphatic heterocycles. The van der Waals surface area contributed by atoms with E-state index in [1.807, 2.05) is 0 Å². The van der Waals surface area contributed by atoms with Crippen LogP contribution >= 0.6 is 34.8 Å². The van der Waals surface area contributed by atoms with E-state index >= 15 is 0 Å². The van der Waals surface area contributed by atoms with Crippen LogP contribution in [0.3, 0.4) is 0 Å². The highest BCUT2D eigenvalue weighted by Gasteiger charge is 2.11. The zero-order valence-corrected chi connectivity index (χ0v) is 8.87. The predicted molar refractivity (Wildman–Crippen MR) is 53.2 cm³/mol. The maximum Gasteiger partial charge on any atom is 0.253 e. The molecule has 0 aliphatic rings. The van der Waals surface area contributed by atoms with Gasteiger partial charge < -0.3 is 4.74 Å². The molecule has 0 heterocycles. The van der Waals surface area contributed by atoms with Crippen LogP contribution in [0, 0.1) is 0 Å². The van der Waals surface area contributed by atoms with E-state index in [1.165, 1.54) is 19.2 Å². The Labute approximate surface area is 90.3 Å². The summed E-state index contributed by atoms with van der Waals surface area (Å²) in [6, 6.07) is 2.82. The number of benzene rings is 1. The van der Waals surface area contributed by atoms with Gasteiger partial charge in [0.1, 0.15) is 5.75 Å². The van der Waals surface area contributed by atoms with Gasteiger partial charge in [0, 0.05) is 6.07 Å². The van der Waals surface area contributed by atoms with Gasteiger partial charge >= 0.3 is 0 Å². The van der Waals surface area contributed by atoms with E-state index in [0.717, 1.165) is 0 Å². The molecule has 1 aromatic rings. The molecule has 70 valence electrons. The molecule has 0 radical (unpaired) electrons. The van der Waals surface area contributed by atoms with Crippen molar-refractivity contribution in [1.29, 1.82) is 0 Å². The molecule has 0 saturated heterocycles. The number of rotatable bonds is 2. The number of hydrogen-bond donors (Lipinski definition) is 0. The summed E-state index contributed by atoms with van der Waals surface area (Å²) in [5, 5.41) is -0.119. The Hall–Kier alpha value is -0.440. The maximum absolute atomic E-state index is 10.8. The SMILES string of the molecule is COc1cc(Cl)c(C(=O)Cl)cc1Cl. The summed E-state index contributed by atoms with van der Waals surface area (Å²) in [7, 11) is 1.46. The van der Waals surface area contributed by atoms with Gasteiger partial charge in [-0.05, 0) is 17.7 Å². The Morgan fingerprint density at radius 3 is 2.38 bits per heavy atom. The highest BCUT2D eigenvalue weighted by Crippen LogP contribution is 2.31. The third kappa shape index (κ3) is 2.27. The summed E-state index contributed by atoms with van der Waals surface area (Å²) in [5.41, 5.74) is 0.175. The van der Waals surface area contributed by atoms with Crippen molar-refractivity contribution in [3.05, 3.63) is 27.7 Å². The fourth-order valence-electron chi connectivity index (χ4n) is 0.836. The first-order valence-corrected chi connectivity index (χ1v) is 4.42. The minimum absolute atomic E-state index is 0.175. The number of methoxy groups -OCH3 is 1. The van der Waals surface area contributed by atoms with E-state index in [0.29, 0.717) is 10.8 Å². The molecule has 0 spiro atoms. The molecule has 0 aromatic heterocycles. The van der Waals surface area contributed by atoms with Gasteiger partial charge in [-0.2, -0.15) is 0 Å². The van der Waals surface area contributed by atoms with Crippen LogP contribution in [0.2, 0.25) is 10.0 Å². The van der Waals surface area contributed by atoms with Gasteiger partial charge in [0.05, 0.1) is 22.7 Å². The lowest BCUT2D eigenvalue weighted by Crippen LogP contribution is -1.92. The quantitative estimate of drug-likeness (QED) is 0.740. The molecular formula is C8H5Cl3O2. The average molecular weight is 239 g/mol. The summed E-state index contributed by atoms with van der Waals surface area (Å²) in [5.74, 6) is 0.410. The molecule has 0 fully saturated rings. The predicted octanol–water partition coefficient (Wildman–Crippen LogP) is 3.38. The average Bonchev–Trinajstić information content (AvgIpc) is 2.07. The summed E-state index contributed by atoms with van der Waals surface area (Å²) < 4.78 is 4.89. The zero-order chi connectivity index (χ0) is 10.0. The van der Waals surface area contributed by atoms with Gasteiger partial charge in [0.2, 0.25) is 0 Å².